The van der Waals surface area contributed by atoms with Crippen LogP contribution in [0.3, 0.4) is 0 Å². The SMILES string of the molecule is Cc1[nH]c(=O)c(N)c2sc(Br)cc12. The lowest BCUT2D eigenvalue weighted by molar-refractivity contribution is 1.18. The number of fused-ring (bicyclic) bond motifs is 1. The lowest BCUT2D eigenvalue weighted by Gasteiger charge is -1.97. The molecule has 0 fully saturated rings. The molecule has 0 amide bonds. The quantitative estimate of drug-likeness (QED) is 0.762. The lowest BCUT2D eigenvalue weighted by atomic mass is 10.2. The molecule has 0 bridgehead atoms. The van der Waals surface area contributed by atoms with Gasteiger partial charge in [-0.15, -0.1) is 11.3 Å². The van der Waals surface area contributed by atoms with Gasteiger partial charge in [-0.3, -0.25) is 4.79 Å². The fourth-order valence-corrected chi connectivity index (χ4v) is 2.86. The van der Waals surface area contributed by atoms with Crippen LogP contribution in [0.25, 0.3) is 10.1 Å². The van der Waals surface area contributed by atoms with Gasteiger partial charge >= 0.3 is 0 Å². The highest BCUT2D eigenvalue weighted by molar-refractivity contribution is 9.11. The van der Waals surface area contributed by atoms with Gasteiger partial charge in [-0.2, -0.15) is 0 Å². The van der Waals surface area contributed by atoms with E-state index in [-0.39, 0.29) is 5.56 Å². The van der Waals surface area contributed by atoms with Crippen molar-refractivity contribution < 1.29 is 0 Å². The minimum Gasteiger partial charge on any atom is -0.393 e. The molecule has 0 spiro atoms. The van der Waals surface area contributed by atoms with Gasteiger partial charge in [0.15, 0.2) is 0 Å². The van der Waals surface area contributed by atoms with Crippen LogP contribution in [-0.2, 0) is 0 Å². The molecule has 2 aromatic heterocycles. The van der Waals surface area contributed by atoms with E-state index in [0.717, 1.165) is 19.6 Å². The molecule has 0 unspecified atom stereocenters. The molecule has 0 saturated heterocycles. The van der Waals surface area contributed by atoms with Gasteiger partial charge in [-0.1, -0.05) is 0 Å². The predicted molar refractivity (Wildman–Crippen MR) is 59.3 cm³/mol. The summed E-state index contributed by atoms with van der Waals surface area (Å²) in [4.78, 5) is 14.0. The van der Waals surface area contributed by atoms with Crippen molar-refractivity contribution in [1.82, 2.24) is 4.98 Å². The number of hydrogen-bond donors (Lipinski definition) is 2. The highest BCUT2D eigenvalue weighted by Gasteiger charge is 2.08. The van der Waals surface area contributed by atoms with E-state index in [0.29, 0.717) is 5.69 Å². The molecule has 0 aromatic carbocycles. The topological polar surface area (TPSA) is 58.9 Å². The first-order valence-corrected chi connectivity index (χ1v) is 5.28. The summed E-state index contributed by atoms with van der Waals surface area (Å²) in [7, 11) is 0. The third kappa shape index (κ3) is 1.28. The fourth-order valence-electron chi connectivity index (χ4n) is 1.25. The number of aromatic amines is 1. The first-order chi connectivity index (χ1) is 6.09. The van der Waals surface area contributed by atoms with E-state index < -0.39 is 0 Å². The van der Waals surface area contributed by atoms with E-state index in [1.165, 1.54) is 11.3 Å². The van der Waals surface area contributed by atoms with Crippen LogP contribution in [0.15, 0.2) is 14.6 Å². The molecule has 0 atom stereocenters. The highest BCUT2D eigenvalue weighted by Crippen LogP contribution is 2.32. The maximum Gasteiger partial charge on any atom is 0.272 e. The van der Waals surface area contributed by atoms with E-state index in [2.05, 4.69) is 20.9 Å². The van der Waals surface area contributed by atoms with Crippen molar-refractivity contribution in [3.63, 3.8) is 0 Å². The summed E-state index contributed by atoms with van der Waals surface area (Å²) in [6.07, 6.45) is 0. The number of halogens is 1. The Labute approximate surface area is 86.7 Å². The Bertz CT molecular complexity index is 529. The van der Waals surface area contributed by atoms with Crippen LogP contribution in [0.5, 0.6) is 0 Å². The van der Waals surface area contributed by atoms with E-state index in [9.17, 15) is 4.79 Å². The van der Waals surface area contributed by atoms with Crippen LogP contribution in [0.2, 0.25) is 0 Å². The number of thiophene rings is 1. The Morgan fingerprint density at radius 2 is 2.31 bits per heavy atom. The summed E-state index contributed by atoms with van der Waals surface area (Å²) in [5.74, 6) is 0. The second-order valence-corrected chi connectivity index (χ2v) is 5.22. The van der Waals surface area contributed by atoms with Crippen molar-refractivity contribution in [2.75, 3.05) is 5.73 Å². The summed E-state index contributed by atoms with van der Waals surface area (Å²) < 4.78 is 1.84. The highest BCUT2D eigenvalue weighted by atomic mass is 79.9. The van der Waals surface area contributed by atoms with Gasteiger partial charge < -0.3 is 10.7 Å². The molecule has 0 saturated carbocycles. The predicted octanol–water partition coefficient (Wildman–Crippen LogP) is 2.24. The van der Waals surface area contributed by atoms with Crippen LogP contribution < -0.4 is 11.3 Å². The van der Waals surface area contributed by atoms with Gasteiger partial charge in [0.05, 0.1) is 8.49 Å². The molecule has 3 nitrogen and oxygen atoms in total. The molecule has 0 aliphatic carbocycles. The maximum atomic E-state index is 11.3. The van der Waals surface area contributed by atoms with Gasteiger partial charge in [-0.25, -0.2) is 0 Å². The zero-order valence-corrected chi connectivity index (χ0v) is 9.25. The molecule has 2 aromatic rings. The fraction of sp³-hybridized carbons (Fsp3) is 0.125. The standard InChI is InChI=1S/C8H7BrN2OS/c1-3-4-2-5(9)13-7(4)6(10)8(12)11-3/h2H,10H2,1H3,(H,11,12). The number of hydrogen-bond acceptors (Lipinski definition) is 3. The van der Waals surface area contributed by atoms with Gasteiger partial charge in [0, 0.05) is 11.1 Å². The average molecular weight is 259 g/mol. The Hall–Kier alpha value is -0.810. The lowest BCUT2D eigenvalue weighted by Crippen LogP contribution is -2.12. The first-order valence-electron chi connectivity index (χ1n) is 3.67. The van der Waals surface area contributed by atoms with E-state index in [1.54, 1.807) is 0 Å². The monoisotopic (exact) mass is 258 g/mol. The number of H-pyrrole nitrogens is 1. The molecule has 0 aliphatic heterocycles. The molecule has 68 valence electrons. The van der Waals surface area contributed by atoms with Crippen LogP contribution in [0.1, 0.15) is 5.69 Å². The Kier molecular flexibility index (Phi) is 1.92. The molecule has 0 aliphatic rings. The summed E-state index contributed by atoms with van der Waals surface area (Å²) >= 11 is 4.84. The number of nitrogen functional groups attached to an aromatic ring is 1. The molecular formula is C8H7BrN2OS. The number of aryl methyl sites for hydroxylation is 1. The minimum atomic E-state index is -0.209. The molecule has 0 radical (unpaired) electrons. The Balaban J connectivity index is 3.04. The van der Waals surface area contributed by atoms with Crippen LogP contribution >= 0.6 is 27.3 Å². The number of pyridine rings is 1. The summed E-state index contributed by atoms with van der Waals surface area (Å²) in [5, 5.41) is 1.01. The summed E-state index contributed by atoms with van der Waals surface area (Å²) in [5.41, 5.74) is 6.60. The second-order valence-electron chi connectivity index (χ2n) is 2.79. The van der Waals surface area contributed by atoms with E-state index in [4.69, 9.17) is 5.73 Å². The number of aromatic nitrogens is 1. The van der Waals surface area contributed by atoms with Gasteiger partial charge in [0.2, 0.25) is 0 Å². The van der Waals surface area contributed by atoms with Gasteiger partial charge in [-0.05, 0) is 28.9 Å². The Morgan fingerprint density at radius 1 is 1.62 bits per heavy atom. The van der Waals surface area contributed by atoms with Crippen LogP contribution in [-0.4, -0.2) is 4.98 Å². The third-order valence-electron chi connectivity index (χ3n) is 1.90. The van der Waals surface area contributed by atoms with Gasteiger partial charge in [0.1, 0.15) is 5.69 Å². The first kappa shape index (κ1) is 8.77. The molecule has 2 rings (SSSR count). The van der Waals surface area contributed by atoms with E-state index >= 15 is 0 Å². The number of nitrogens with one attached hydrogen (secondary N) is 1. The smallest absolute Gasteiger partial charge is 0.272 e. The van der Waals surface area contributed by atoms with Crippen molar-refractivity contribution in [3.05, 3.63) is 25.9 Å². The van der Waals surface area contributed by atoms with Crippen molar-refractivity contribution in [3.8, 4) is 0 Å². The number of nitrogens with two attached hydrogens (primary N) is 1. The molecule has 13 heavy (non-hydrogen) atoms. The maximum absolute atomic E-state index is 11.3. The minimum absolute atomic E-state index is 0.209. The summed E-state index contributed by atoms with van der Waals surface area (Å²) in [6, 6.07) is 1.96. The molecule has 2 heterocycles. The van der Waals surface area contributed by atoms with Crippen LogP contribution in [0.4, 0.5) is 5.69 Å². The van der Waals surface area contributed by atoms with Gasteiger partial charge in [0.25, 0.3) is 5.56 Å². The molecule has 5 heteroatoms. The summed E-state index contributed by atoms with van der Waals surface area (Å²) in [6.45, 7) is 1.86. The molecular weight excluding hydrogens is 252 g/mol. The molecule has 3 N–H and O–H groups in total. The second kappa shape index (κ2) is 2.85. The van der Waals surface area contributed by atoms with Crippen molar-refractivity contribution in [1.29, 1.82) is 0 Å². The van der Waals surface area contributed by atoms with Crippen molar-refractivity contribution in [2.45, 2.75) is 6.92 Å². The number of rotatable bonds is 0. The largest absolute Gasteiger partial charge is 0.393 e. The van der Waals surface area contributed by atoms with Crippen LogP contribution in [0, 0.1) is 6.92 Å². The zero-order valence-electron chi connectivity index (χ0n) is 6.85. The number of anilines is 1. The zero-order chi connectivity index (χ0) is 9.59. The Morgan fingerprint density at radius 3 is 3.00 bits per heavy atom. The average Bonchev–Trinajstić information content (AvgIpc) is 2.44. The third-order valence-corrected chi connectivity index (χ3v) is 3.57. The van der Waals surface area contributed by atoms with Crippen molar-refractivity contribution >= 4 is 43.0 Å². The van der Waals surface area contributed by atoms with E-state index in [1.807, 2.05) is 13.0 Å². The normalized spacial score (nSPS) is 10.9. The van der Waals surface area contributed by atoms with Crippen molar-refractivity contribution in [2.24, 2.45) is 0 Å².